The van der Waals surface area contributed by atoms with E-state index in [4.69, 9.17) is 0 Å². The van der Waals surface area contributed by atoms with Gasteiger partial charge in [-0.15, -0.1) is 13.2 Å². The Morgan fingerprint density at radius 2 is 1.81 bits per heavy atom. The molecule has 150 valence electrons. The Kier molecular flexibility index (Phi) is 7.10. The second kappa shape index (κ2) is 9.10. The maximum atomic E-state index is 12.2. The molecule has 1 aliphatic heterocycles. The first-order valence-electron chi connectivity index (χ1n) is 9.12. The first-order valence-corrected chi connectivity index (χ1v) is 9.12. The molecule has 0 aliphatic carbocycles. The van der Waals surface area contributed by atoms with Gasteiger partial charge in [-0.05, 0) is 49.4 Å². The predicted molar refractivity (Wildman–Crippen MR) is 95.1 cm³/mol. The van der Waals surface area contributed by atoms with E-state index in [2.05, 4.69) is 10.1 Å². The van der Waals surface area contributed by atoms with Gasteiger partial charge >= 0.3 is 6.36 Å². The predicted octanol–water partition coefficient (Wildman–Crippen LogP) is 4.20. The molecule has 27 heavy (non-hydrogen) atoms. The smallest absolute Gasteiger partial charge is 0.406 e. The summed E-state index contributed by atoms with van der Waals surface area (Å²) < 4.78 is 40.2. The number of nitrogens with one attached hydrogen (secondary N) is 1. The van der Waals surface area contributed by atoms with Gasteiger partial charge in [-0.25, -0.2) is 0 Å². The summed E-state index contributed by atoms with van der Waals surface area (Å²) in [5.41, 5.74) is 0.416. The fourth-order valence-electron chi connectivity index (χ4n) is 3.06. The van der Waals surface area contributed by atoms with Crippen LogP contribution in [0.5, 0.6) is 5.75 Å². The maximum absolute atomic E-state index is 12.2. The van der Waals surface area contributed by atoms with Gasteiger partial charge in [-0.3, -0.25) is 9.59 Å². The highest BCUT2D eigenvalue weighted by molar-refractivity contribution is 5.90. The Morgan fingerprint density at radius 1 is 1.22 bits per heavy atom. The van der Waals surface area contributed by atoms with Crippen molar-refractivity contribution in [3.8, 4) is 5.75 Å². The molecule has 5 nitrogen and oxygen atoms in total. The summed E-state index contributed by atoms with van der Waals surface area (Å²) in [7, 11) is 0. The number of hydrogen-bond donors (Lipinski definition) is 1. The Bertz CT molecular complexity index is 639. The largest absolute Gasteiger partial charge is 0.573 e. The minimum atomic E-state index is -4.74. The third-order valence-electron chi connectivity index (χ3n) is 4.81. The van der Waals surface area contributed by atoms with Crippen molar-refractivity contribution in [1.82, 2.24) is 4.90 Å². The van der Waals surface area contributed by atoms with E-state index in [0.29, 0.717) is 25.2 Å². The molecule has 0 spiro atoms. The molecule has 1 heterocycles. The fourth-order valence-corrected chi connectivity index (χ4v) is 3.06. The van der Waals surface area contributed by atoms with Crippen LogP contribution in [0, 0.1) is 11.8 Å². The van der Waals surface area contributed by atoms with E-state index < -0.39 is 6.36 Å². The summed E-state index contributed by atoms with van der Waals surface area (Å²) in [5, 5.41) is 2.68. The minimum absolute atomic E-state index is 0.0224. The normalized spacial score (nSPS) is 16.7. The molecule has 1 saturated heterocycles. The lowest BCUT2D eigenvalue weighted by Crippen LogP contribution is -2.41. The zero-order chi connectivity index (χ0) is 20.0. The van der Waals surface area contributed by atoms with Gasteiger partial charge in [-0.2, -0.15) is 0 Å². The van der Waals surface area contributed by atoms with Crippen LogP contribution in [0.2, 0.25) is 0 Å². The lowest BCUT2D eigenvalue weighted by atomic mass is 9.92. The number of ether oxygens (including phenoxy) is 1. The number of benzene rings is 1. The van der Waals surface area contributed by atoms with Crippen molar-refractivity contribution in [3.63, 3.8) is 0 Å². The number of rotatable bonds is 6. The number of halogens is 3. The molecule has 0 aromatic heterocycles. The number of piperidine rings is 1. The third kappa shape index (κ3) is 6.77. The fraction of sp³-hybridized carbons (Fsp3) is 0.579. The van der Waals surface area contributed by atoms with E-state index in [1.165, 1.54) is 12.1 Å². The zero-order valence-electron chi connectivity index (χ0n) is 15.5. The summed E-state index contributed by atoms with van der Waals surface area (Å²) in [4.78, 5) is 26.2. The van der Waals surface area contributed by atoms with Crippen LogP contribution in [0.1, 0.15) is 39.5 Å². The van der Waals surface area contributed by atoms with Gasteiger partial charge in [0.05, 0.1) is 0 Å². The molecular formula is C19H25F3N2O3. The summed E-state index contributed by atoms with van der Waals surface area (Å²) in [5.74, 6) is -0.139. The van der Waals surface area contributed by atoms with Gasteiger partial charge in [0.15, 0.2) is 0 Å². The summed E-state index contributed by atoms with van der Waals surface area (Å²) in [6.45, 7) is 5.23. The first kappa shape index (κ1) is 21.1. The average Bonchev–Trinajstić information content (AvgIpc) is 2.61. The molecule has 0 bridgehead atoms. The van der Waals surface area contributed by atoms with Gasteiger partial charge in [0.1, 0.15) is 5.75 Å². The molecule has 0 unspecified atom stereocenters. The van der Waals surface area contributed by atoms with Crippen molar-refractivity contribution in [2.45, 2.75) is 45.9 Å². The van der Waals surface area contributed by atoms with Gasteiger partial charge < -0.3 is 15.0 Å². The Balaban J connectivity index is 1.77. The van der Waals surface area contributed by atoms with Crippen LogP contribution in [0.25, 0.3) is 0 Å². The van der Waals surface area contributed by atoms with E-state index in [9.17, 15) is 22.8 Å². The van der Waals surface area contributed by atoms with Crippen LogP contribution < -0.4 is 10.1 Å². The van der Waals surface area contributed by atoms with Crippen LogP contribution in [-0.2, 0) is 9.59 Å². The number of carbonyl (C=O) groups is 2. The highest BCUT2D eigenvalue weighted by Gasteiger charge is 2.31. The third-order valence-corrected chi connectivity index (χ3v) is 4.81. The minimum Gasteiger partial charge on any atom is -0.406 e. The molecule has 0 saturated carbocycles. The molecular weight excluding hydrogens is 361 g/mol. The molecule has 2 amide bonds. The molecule has 1 N–H and O–H groups in total. The monoisotopic (exact) mass is 386 g/mol. The van der Waals surface area contributed by atoms with E-state index in [1.54, 1.807) is 0 Å². The van der Waals surface area contributed by atoms with E-state index in [0.717, 1.165) is 31.4 Å². The molecule has 1 atom stereocenters. The number of likely N-dealkylation sites (tertiary alicyclic amines) is 1. The quantitative estimate of drug-likeness (QED) is 0.797. The molecule has 0 radical (unpaired) electrons. The second-order valence-corrected chi connectivity index (χ2v) is 6.90. The van der Waals surface area contributed by atoms with Crippen LogP contribution >= 0.6 is 0 Å². The standard InChI is InChI=1S/C19H25F3N2O3/c1-3-13(2)18(26)24-10-8-14(9-11-24)12-17(25)23-15-4-6-16(7-5-15)27-19(20,21)22/h4-7,13-14H,3,8-12H2,1-2H3,(H,23,25)/t13-/m0/s1. The van der Waals surface area contributed by atoms with E-state index in [1.807, 2.05) is 18.7 Å². The van der Waals surface area contributed by atoms with Crippen LogP contribution in [0.15, 0.2) is 24.3 Å². The van der Waals surface area contributed by atoms with Crippen molar-refractivity contribution in [1.29, 1.82) is 0 Å². The van der Waals surface area contributed by atoms with Crippen LogP contribution in [0.4, 0.5) is 18.9 Å². The topological polar surface area (TPSA) is 58.6 Å². The van der Waals surface area contributed by atoms with E-state index in [-0.39, 0.29) is 29.4 Å². The second-order valence-electron chi connectivity index (χ2n) is 6.90. The van der Waals surface area contributed by atoms with E-state index >= 15 is 0 Å². The molecule has 1 aromatic rings. The molecule has 8 heteroatoms. The average molecular weight is 386 g/mol. The van der Waals surface area contributed by atoms with Crippen molar-refractivity contribution < 1.29 is 27.5 Å². The number of alkyl halides is 3. The summed E-state index contributed by atoms with van der Waals surface area (Å²) in [6, 6.07) is 5.04. The Morgan fingerprint density at radius 3 is 2.33 bits per heavy atom. The van der Waals surface area contributed by atoms with Crippen molar-refractivity contribution in [2.24, 2.45) is 11.8 Å². The van der Waals surface area contributed by atoms with Crippen molar-refractivity contribution in [2.75, 3.05) is 18.4 Å². The van der Waals surface area contributed by atoms with Gasteiger partial charge in [0.25, 0.3) is 0 Å². The highest BCUT2D eigenvalue weighted by Crippen LogP contribution is 2.25. The summed E-state index contributed by atoms with van der Waals surface area (Å²) >= 11 is 0. The van der Waals surface area contributed by atoms with Gasteiger partial charge in [0, 0.05) is 31.1 Å². The SMILES string of the molecule is CC[C@H](C)C(=O)N1CCC(CC(=O)Nc2ccc(OC(F)(F)F)cc2)CC1. The van der Waals surface area contributed by atoms with Crippen molar-refractivity contribution in [3.05, 3.63) is 24.3 Å². The molecule has 2 rings (SSSR count). The lowest BCUT2D eigenvalue weighted by molar-refractivity contribution is -0.274. The van der Waals surface area contributed by atoms with Crippen LogP contribution in [-0.4, -0.2) is 36.2 Å². The summed E-state index contributed by atoms with van der Waals surface area (Å²) in [6.07, 6.45) is -2.06. The zero-order valence-corrected chi connectivity index (χ0v) is 15.5. The number of anilines is 1. The highest BCUT2D eigenvalue weighted by atomic mass is 19.4. The Labute approximate surface area is 156 Å². The molecule has 1 aliphatic rings. The number of nitrogens with zero attached hydrogens (tertiary/aromatic N) is 1. The van der Waals surface area contributed by atoms with Crippen LogP contribution in [0.3, 0.4) is 0 Å². The number of amides is 2. The maximum Gasteiger partial charge on any atom is 0.573 e. The Hall–Kier alpha value is -2.25. The number of hydrogen-bond acceptors (Lipinski definition) is 3. The molecule has 1 aromatic carbocycles. The van der Waals surface area contributed by atoms with Gasteiger partial charge in [0.2, 0.25) is 11.8 Å². The number of carbonyl (C=O) groups excluding carboxylic acids is 2. The molecule has 1 fully saturated rings. The van der Waals surface area contributed by atoms with Crippen molar-refractivity contribution >= 4 is 17.5 Å². The first-order chi connectivity index (χ1) is 12.7. The van der Waals surface area contributed by atoms with Gasteiger partial charge in [-0.1, -0.05) is 13.8 Å². The lowest BCUT2D eigenvalue weighted by Gasteiger charge is -2.33.